The summed E-state index contributed by atoms with van der Waals surface area (Å²) in [6, 6.07) is 8.18. The van der Waals surface area contributed by atoms with Gasteiger partial charge < -0.3 is 20.2 Å². The summed E-state index contributed by atoms with van der Waals surface area (Å²) < 4.78 is 5.45. The highest BCUT2D eigenvalue weighted by Gasteiger charge is 2.41. The summed E-state index contributed by atoms with van der Waals surface area (Å²) in [6.45, 7) is 3.02. The predicted octanol–water partition coefficient (Wildman–Crippen LogP) is 2.78. The highest BCUT2D eigenvalue weighted by molar-refractivity contribution is 6.33. The average Bonchev–Trinajstić information content (AvgIpc) is 2.63. The Balaban J connectivity index is 1.95. The lowest BCUT2D eigenvalue weighted by molar-refractivity contribution is -0.389. The van der Waals surface area contributed by atoms with Crippen LogP contribution in [0.5, 0.6) is 5.75 Å². The maximum atomic E-state index is 12.7. The predicted molar refractivity (Wildman–Crippen MR) is 98.0 cm³/mol. The van der Waals surface area contributed by atoms with Crippen molar-refractivity contribution in [1.29, 1.82) is 0 Å². The number of ether oxygens (including phenoxy) is 1. The Morgan fingerprint density at radius 2 is 2.07 bits per heavy atom. The lowest BCUT2D eigenvalue weighted by Gasteiger charge is -2.32. The van der Waals surface area contributed by atoms with Crippen molar-refractivity contribution in [1.82, 2.24) is 4.98 Å². The van der Waals surface area contributed by atoms with Crippen molar-refractivity contribution >= 4 is 40.7 Å². The van der Waals surface area contributed by atoms with Crippen LogP contribution in [0.1, 0.15) is 13.8 Å². The van der Waals surface area contributed by atoms with Crippen LogP contribution in [0, 0.1) is 10.1 Å². The van der Waals surface area contributed by atoms with E-state index in [4.69, 9.17) is 16.3 Å². The molecule has 27 heavy (non-hydrogen) atoms. The van der Waals surface area contributed by atoms with E-state index in [1.807, 2.05) is 0 Å². The fraction of sp³-hybridized carbons (Fsp3) is 0.235. The summed E-state index contributed by atoms with van der Waals surface area (Å²) in [5.74, 6) is -1.40. The first-order valence-corrected chi connectivity index (χ1v) is 8.38. The van der Waals surface area contributed by atoms with E-state index in [2.05, 4.69) is 10.3 Å². The molecule has 140 valence electrons. The molecule has 3 rings (SSSR count). The van der Waals surface area contributed by atoms with Crippen LogP contribution in [0.25, 0.3) is 0 Å². The first-order chi connectivity index (χ1) is 12.8. The number of halogens is 1. The third kappa shape index (κ3) is 3.54. The highest BCUT2D eigenvalue weighted by Crippen LogP contribution is 2.35. The van der Waals surface area contributed by atoms with Gasteiger partial charge in [-0.3, -0.25) is 14.5 Å². The second kappa shape index (κ2) is 7.20. The lowest BCUT2D eigenvalue weighted by atomic mass is 10.1. The molecule has 2 unspecified atom stereocenters. The number of amides is 2. The summed E-state index contributed by atoms with van der Waals surface area (Å²) in [7, 11) is 0. The van der Waals surface area contributed by atoms with Crippen LogP contribution in [0.2, 0.25) is 5.02 Å². The molecule has 2 amide bonds. The van der Waals surface area contributed by atoms with Gasteiger partial charge in [0.1, 0.15) is 6.04 Å². The van der Waals surface area contributed by atoms with Gasteiger partial charge in [0.25, 0.3) is 11.7 Å². The van der Waals surface area contributed by atoms with Crippen molar-refractivity contribution in [3.8, 4) is 5.75 Å². The number of benzene rings is 1. The number of rotatable bonds is 4. The van der Waals surface area contributed by atoms with Crippen molar-refractivity contribution in [3.05, 3.63) is 51.5 Å². The second-order valence-electron chi connectivity index (χ2n) is 5.86. The van der Waals surface area contributed by atoms with Crippen LogP contribution in [-0.4, -0.2) is 33.9 Å². The molecule has 1 aromatic heterocycles. The van der Waals surface area contributed by atoms with Gasteiger partial charge in [0.15, 0.2) is 11.9 Å². The van der Waals surface area contributed by atoms with Gasteiger partial charge in [0.05, 0.1) is 10.7 Å². The van der Waals surface area contributed by atoms with Gasteiger partial charge in [-0.2, -0.15) is 0 Å². The van der Waals surface area contributed by atoms with E-state index in [0.717, 1.165) is 4.90 Å². The molecule has 2 atom stereocenters. The number of para-hydroxylation sites is 1. The third-order valence-electron chi connectivity index (χ3n) is 4.03. The number of pyridine rings is 1. The standard InChI is InChI=1S/C17H15ClN4O5/c1-9(16(23)19-12-6-4-3-5-11(12)18)21-15-13(27-10(2)17(21)24)7-8-14(20-15)22(25)26/h3-10H,1-2H3,(H,19,23). The molecule has 1 aromatic carbocycles. The van der Waals surface area contributed by atoms with Gasteiger partial charge in [-0.25, -0.2) is 0 Å². The van der Waals surface area contributed by atoms with Gasteiger partial charge in [-0.15, -0.1) is 0 Å². The molecule has 0 spiro atoms. The fourth-order valence-electron chi connectivity index (χ4n) is 2.62. The first-order valence-electron chi connectivity index (χ1n) is 8.00. The van der Waals surface area contributed by atoms with Crippen LogP contribution in [-0.2, 0) is 9.59 Å². The van der Waals surface area contributed by atoms with E-state index >= 15 is 0 Å². The van der Waals surface area contributed by atoms with Crippen LogP contribution in [0.4, 0.5) is 17.3 Å². The molecule has 0 saturated heterocycles. The minimum atomic E-state index is -1.01. The van der Waals surface area contributed by atoms with Crippen LogP contribution in [0.3, 0.4) is 0 Å². The Bertz CT molecular complexity index is 935. The smallest absolute Gasteiger partial charge is 0.366 e. The molecule has 2 aromatic rings. The average molecular weight is 391 g/mol. The number of hydrogen-bond acceptors (Lipinski definition) is 6. The van der Waals surface area contributed by atoms with Crippen molar-refractivity contribution in [3.63, 3.8) is 0 Å². The Kier molecular flexibility index (Phi) is 4.95. The number of nitrogens with one attached hydrogen (secondary N) is 1. The van der Waals surface area contributed by atoms with E-state index in [-0.39, 0.29) is 11.6 Å². The Hall–Kier alpha value is -3.20. The van der Waals surface area contributed by atoms with Crippen molar-refractivity contribution in [2.24, 2.45) is 0 Å². The first kappa shape index (κ1) is 18.6. The molecule has 2 heterocycles. The number of carbonyl (C=O) groups is 2. The van der Waals surface area contributed by atoms with Gasteiger partial charge in [0.2, 0.25) is 5.91 Å². The zero-order chi connectivity index (χ0) is 19.7. The number of nitro groups is 1. The van der Waals surface area contributed by atoms with Crippen LogP contribution < -0.4 is 15.0 Å². The molecule has 1 N–H and O–H groups in total. The molecule has 1 aliphatic rings. The third-order valence-corrected chi connectivity index (χ3v) is 4.36. The van der Waals surface area contributed by atoms with E-state index in [9.17, 15) is 19.7 Å². The summed E-state index contributed by atoms with van der Waals surface area (Å²) in [5, 5.41) is 14.0. The number of fused-ring (bicyclic) bond motifs is 1. The van der Waals surface area contributed by atoms with Crippen molar-refractivity contribution in [2.75, 3.05) is 10.2 Å². The quantitative estimate of drug-likeness (QED) is 0.634. The highest BCUT2D eigenvalue weighted by atomic mass is 35.5. The largest absolute Gasteiger partial charge is 0.475 e. The molecular formula is C17H15ClN4O5. The van der Waals surface area contributed by atoms with E-state index < -0.39 is 34.7 Å². The van der Waals surface area contributed by atoms with Crippen molar-refractivity contribution < 1.29 is 19.2 Å². The maximum Gasteiger partial charge on any atom is 0.366 e. The van der Waals surface area contributed by atoms with Gasteiger partial charge in [0, 0.05) is 6.07 Å². The number of aromatic nitrogens is 1. The summed E-state index contributed by atoms with van der Waals surface area (Å²) in [4.78, 5) is 40.6. The summed E-state index contributed by atoms with van der Waals surface area (Å²) in [6.07, 6.45) is -0.865. The number of nitrogens with zero attached hydrogens (tertiary/aromatic N) is 3. The minimum Gasteiger partial charge on any atom is -0.475 e. The maximum absolute atomic E-state index is 12.7. The fourth-order valence-corrected chi connectivity index (χ4v) is 2.81. The zero-order valence-corrected chi connectivity index (χ0v) is 15.1. The monoisotopic (exact) mass is 390 g/mol. The molecule has 10 heteroatoms. The number of carbonyl (C=O) groups excluding carboxylic acids is 2. The van der Waals surface area contributed by atoms with Gasteiger partial charge in [-0.05, 0) is 42.0 Å². The summed E-state index contributed by atoms with van der Waals surface area (Å²) in [5.41, 5.74) is 0.386. The van der Waals surface area contributed by atoms with E-state index in [0.29, 0.717) is 10.7 Å². The van der Waals surface area contributed by atoms with E-state index in [1.165, 1.54) is 26.0 Å². The Labute approximate surface area is 159 Å². The molecule has 0 bridgehead atoms. The van der Waals surface area contributed by atoms with Crippen LogP contribution in [0.15, 0.2) is 36.4 Å². The molecule has 9 nitrogen and oxygen atoms in total. The zero-order valence-electron chi connectivity index (χ0n) is 14.4. The topological polar surface area (TPSA) is 115 Å². The van der Waals surface area contributed by atoms with Gasteiger partial charge >= 0.3 is 5.82 Å². The number of hydrogen-bond donors (Lipinski definition) is 1. The minimum absolute atomic E-state index is 0.0749. The second-order valence-corrected chi connectivity index (χ2v) is 6.27. The van der Waals surface area contributed by atoms with Crippen LogP contribution >= 0.6 is 11.6 Å². The molecule has 0 fully saturated rings. The normalized spacial score (nSPS) is 16.9. The lowest BCUT2D eigenvalue weighted by Crippen LogP contribution is -2.53. The van der Waals surface area contributed by atoms with Crippen molar-refractivity contribution in [2.45, 2.75) is 26.0 Å². The molecular weight excluding hydrogens is 376 g/mol. The molecule has 0 radical (unpaired) electrons. The Morgan fingerprint density at radius 3 is 2.74 bits per heavy atom. The SMILES string of the molecule is CC1Oc2ccc([N+](=O)[O-])nc2N(C(C)C(=O)Nc2ccccc2Cl)C1=O. The molecule has 1 aliphatic heterocycles. The summed E-state index contributed by atoms with van der Waals surface area (Å²) >= 11 is 6.04. The molecule has 0 aliphatic carbocycles. The number of anilines is 2. The Morgan fingerprint density at radius 1 is 1.37 bits per heavy atom. The van der Waals surface area contributed by atoms with Gasteiger partial charge in [-0.1, -0.05) is 23.7 Å². The molecule has 0 saturated carbocycles. The van der Waals surface area contributed by atoms with E-state index in [1.54, 1.807) is 24.3 Å².